The number of hydrogen-bond acceptors (Lipinski definition) is 2. The minimum Gasteiger partial charge on any atom is -0.344 e. The van der Waals surface area contributed by atoms with Crippen molar-refractivity contribution in [3.8, 4) is 0 Å². The molecule has 1 aliphatic carbocycles. The van der Waals surface area contributed by atoms with Gasteiger partial charge in [-0.05, 0) is 43.9 Å². The Morgan fingerprint density at radius 3 is 2.04 bits per heavy atom. The lowest BCUT2D eigenvalue weighted by atomic mass is 9.69. The summed E-state index contributed by atoms with van der Waals surface area (Å²) in [6.45, 7) is 16.8. The second-order valence-corrected chi connectivity index (χ2v) is 7.97. The van der Waals surface area contributed by atoms with Crippen LogP contribution in [-0.2, 0) is 9.59 Å². The zero-order valence-electron chi connectivity index (χ0n) is 15.8. The smallest absolute Gasteiger partial charge is 0.245 e. The average Bonchev–Trinajstić information content (AvgIpc) is 2.53. The van der Waals surface area contributed by atoms with Crippen molar-refractivity contribution in [2.75, 3.05) is 13.1 Å². The van der Waals surface area contributed by atoms with Crippen molar-refractivity contribution in [1.82, 2.24) is 10.2 Å². The van der Waals surface area contributed by atoms with Crippen molar-refractivity contribution in [3.63, 3.8) is 0 Å². The van der Waals surface area contributed by atoms with Crippen LogP contribution >= 0.6 is 0 Å². The topological polar surface area (TPSA) is 49.4 Å². The van der Waals surface area contributed by atoms with Gasteiger partial charge >= 0.3 is 0 Å². The largest absolute Gasteiger partial charge is 0.344 e. The number of carbonyl (C=O) groups excluding carboxylic acids is 2. The lowest BCUT2D eigenvalue weighted by molar-refractivity contribution is -0.136. The Labute approximate surface area is 147 Å². The Kier molecular flexibility index (Phi) is 7.71. The molecule has 0 aromatic heterocycles. The molecule has 1 saturated carbocycles. The monoisotopic (exact) mass is 334 g/mol. The highest BCUT2D eigenvalue weighted by Gasteiger charge is 2.33. The number of amides is 2. The fraction of sp³-hybridized carbons (Fsp3) is 0.700. The quantitative estimate of drug-likeness (QED) is 0.724. The molecule has 1 aliphatic rings. The Hall–Kier alpha value is -1.58. The zero-order chi connectivity index (χ0) is 18.3. The second kappa shape index (κ2) is 9.05. The highest BCUT2D eigenvalue weighted by molar-refractivity contribution is 5.88. The maximum Gasteiger partial charge on any atom is 0.245 e. The molecule has 24 heavy (non-hydrogen) atoms. The summed E-state index contributed by atoms with van der Waals surface area (Å²) in [6.07, 6.45) is 7.37. The van der Waals surface area contributed by atoms with Gasteiger partial charge in [0, 0.05) is 19.0 Å². The van der Waals surface area contributed by atoms with E-state index in [2.05, 4.69) is 39.2 Å². The lowest BCUT2D eigenvalue weighted by Crippen LogP contribution is -2.49. The molecule has 1 atom stereocenters. The molecule has 4 heteroatoms. The van der Waals surface area contributed by atoms with Gasteiger partial charge < -0.3 is 10.2 Å². The Balaban J connectivity index is 2.53. The molecule has 4 nitrogen and oxygen atoms in total. The van der Waals surface area contributed by atoms with Crippen LogP contribution in [0.3, 0.4) is 0 Å². The summed E-state index contributed by atoms with van der Waals surface area (Å²) in [6, 6.07) is -0.516. The molecular weight excluding hydrogens is 300 g/mol. The molecule has 0 aromatic carbocycles. The molecule has 0 spiro atoms. The fourth-order valence-electron chi connectivity index (χ4n) is 3.45. The summed E-state index contributed by atoms with van der Waals surface area (Å²) in [5, 5.41) is 2.90. The third-order valence-electron chi connectivity index (χ3n) is 5.06. The van der Waals surface area contributed by atoms with Crippen LogP contribution in [0.25, 0.3) is 0 Å². The van der Waals surface area contributed by atoms with Gasteiger partial charge in [0.15, 0.2) is 0 Å². The first-order chi connectivity index (χ1) is 11.2. The summed E-state index contributed by atoms with van der Waals surface area (Å²) in [5.41, 5.74) is 0.306. The molecule has 1 fully saturated rings. The fourth-order valence-corrected chi connectivity index (χ4v) is 3.45. The minimum atomic E-state index is -0.516. The molecule has 136 valence electrons. The summed E-state index contributed by atoms with van der Waals surface area (Å²) in [7, 11) is 0. The molecule has 1 N–H and O–H groups in total. The Bertz CT molecular complexity index is 447. The van der Waals surface area contributed by atoms with Crippen LogP contribution < -0.4 is 5.32 Å². The molecule has 0 aromatic rings. The van der Waals surface area contributed by atoms with Gasteiger partial charge in [-0.3, -0.25) is 9.59 Å². The number of nitrogens with one attached hydrogen (secondary N) is 1. The minimum absolute atomic E-state index is 0.0142. The first-order valence-corrected chi connectivity index (χ1v) is 9.01. The van der Waals surface area contributed by atoms with E-state index in [0.29, 0.717) is 24.4 Å². The van der Waals surface area contributed by atoms with Crippen molar-refractivity contribution in [1.29, 1.82) is 0 Å². The van der Waals surface area contributed by atoms with Crippen molar-refractivity contribution in [2.45, 2.75) is 59.4 Å². The zero-order valence-corrected chi connectivity index (χ0v) is 15.8. The van der Waals surface area contributed by atoms with E-state index < -0.39 is 6.04 Å². The predicted molar refractivity (Wildman–Crippen MR) is 99.5 cm³/mol. The van der Waals surface area contributed by atoms with E-state index in [1.54, 1.807) is 24.0 Å². The second-order valence-electron chi connectivity index (χ2n) is 7.97. The van der Waals surface area contributed by atoms with E-state index in [-0.39, 0.29) is 17.7 Å². The maximum absolute atomic E-state index is 12.5. The van der Waals surface area contributed by atoms with Crippen LogP contribution in [0.15, 0.2) is 25.3 Å². The molecule has 0 bridgehead atoms. The average molecular weight is 335 g/mol. The Morgan fingerprint density at radius 1 is 1.12 bits per heavy atom. The normalized spacial score (nSPS) is 22.3. The van der Waals surface area contributed by atoms with Crippen LogP contribution in [0.2, 0.25) is 0 Å². The van der Waals surface area contributed by atoms with Crippen molar-refractivity contribution in [2.24, 2.45) is 17.3 Å². The highest BCUT2D eigenvalue weighted by Crippen LogP contribution is 2.39. The van der Waals surface area contributed by atoms with Crippen LogP contribution in [0.4, 0.5) is 0 Å². The maximum atomic E-state index is 12.5. The van der Waals surface area contributed by atoms with Crippen LogP contribution in [-0.4, -0.2) is 35.8 Å². The summed E-state index contributed by atoms with van der Waals surface area (Å²) in [5.74, 6) is 0.634. The van der Waals surface area contributed by atoms with Crippen molar-refractivity contribution >= 4 is 11.8 Å². The molecule has 1 rings (SSSR count). The van der Waals surface area contributed by atoms with Gasteiger partial charge in [0.2, 0.25) is 11.8 Å². The number of nitrogens with zero attached hydrogens (tertiary/aromatic N) is 1. The summed E-state index contributed by atoms with van der Waals surface area (Å²) < 4.78 is 0. The van der Waals surface area contributed by atoms with Crippen LogP contribution in [0, 0.1) is 17.3 Å². The van der Waals surface area contributed by atoms with Crippen LogP contribution in [0.1, 0.15) is 53.4 Å². The molecule has 0 radical (unpaired) electrons. The van der Waals surface area contributed by atoms with E-state index >= 15 is 0 Å². The van der Waals surface area contributed by atoms with E-state index in [9.17, 15) is 9.59 Å². The van der Waals surface area contributed by atoms with Gasteiger partial charge in [-0.2, -0.15) is 0 Å². The van der Waals surface area contributed by atoms with E-state index in [1.807, 2.05) is 0 Å². The summed E-state index contributed by atoms with van der Waals surface area (Å²) in [4.78, 5) is 26.6. The standard InChI is InChI=1S/C20H34N2O2/c1-7-13-22(14-8-2)19(24)15(3)21-18(23)16-9-11-17(12-10-16)20(4,5)6/h7-8,15-17H,1-2,9-14H2,3-6H3,(H,21,23). The molecule has 0 heterocycles. The molecule has 0 aliphatic heterocycles. The van der Waals surface area contributed by atoms with Gasteiger partial charge in [0.25, 0.3) is 0 Å². The highest BCUT2D eigenvalue weighted by atomic mass is 16.2. The summed E-state index contributed by atoms with van der Waals surface area (Å²) >= 11 is 0. The van der Waals surface area contributed by atoms with Gasteiger partial charge in [0.05, 0.1) is 0 Å². The van der Waals surface area contributed by atoms with E-state index in [0.717, 1.165) is 25.7 Å². The number of carbonyl (C=O) groups is 2. The molecular formula is C20H34N2O2. The first-order valence-electron chi connectivity index (χ1n) is 9.01. The molecule has 0 saturated heterocycles. The Morgan fingerprint density at radius 2 is 1.62 bits per heavy atom. The van der Waals surface area contributed by atoms with Gasteiger partial charge in [-0.15, -0.1) is 13.2 Å². The van der Waals surface area contributed by atoms with Gasteiger partial charge in [-0.1, -0.05) is 32.9 Å². The SMILES string of the molecule is C=CCN(CC=C)C(=O)C(C)NC(=O)C1CCC(C(C)(C)C)CC1. The molecule has 2 amide bonds. The van der Waals surface area contributed by atoms with Crippen molar-refractivity contribution in [3.05, 3.63) is 25.3 Å². The third kappa shape index (κ3) is 5.81. The third-order valence-corrected chi connectivity index (χ3v) is 5.06. The predicted octanol–water partition coefficient (Wildman–Crippen LogP) is 3.54. The van der Waals surface area contributed by atoms with E-state index in [4.69, 9.17) is 0 Å². The van der Waals surface area contributed by atoms with Gasteiger partial charge in [-0.25, -0.2) is 0 Å². The lowest BCUT2D eigenvalue weighted by Gasteiger charge is -2.36. The van der Waals surface area contributed by atoms with Crippen molar-refractivity contribution < 1.29 is 9.59 Å². The van der Waals surface area contributed by atoms with Gasteiger partial charge in [0.1, 0.15) is 6.04 Å². The molecule has 1 unspecified atom stereocenters. The number of hydrogen-bond donors (Lipinski definition) is 1. The van der Waals surface area contributed by atoms with E-state index in [1.165, 1.54) is 0 Å². The first kappa shape index (κ1) is 20.5. The number of rotatable bonds is 7. The van der Waals surface area contributed by atoms with Crippen LogP contribution in [0.5, 0.6) is 0 Å².